The van der Waals surface area contributed by atoms with Gasteiger partial charge in [0.2, 0.25) is 5.91 Å². The van der Waals surface area contributed by atoms with Crippen LogP contribution in [0.15, 0.2) is 48.5 Å². The molecule has 4 aromatic rings. The monoisotopic (exact) mass is 658 g/mol. The van der Waals surface area contributed by atoms with Gasteiger partial charge in [-0.1, -0.05) is 0 Å². The molecule has 0 radical (unpaired) electrons. The van der Waals surface area contributed by atoms with E-state index in [1.54, 1.807) is 26.8 Å². The van der Waals surface area contributed by atoms with Crippen molar-refractivity contribution in [3.05, 3.63) is 82.4 Å². The Kier molecular flexibility index (Phi) is 8.89. The van der Waals surface area contributed by atoms with Crippen molar-refractivity contribution in [3.8, 4) is 17.0 Å². The van der Waals surface area contributed by atoms with Crippen LogP contribution in [0.25, 0.3) is 22.2 Å². The van der Waals surface area contributed by atoms with E-state index in [1.807, 2.05) is 19.9 Å². The molecule has 2 aromatic heterocycles. The summed E-state index contributed by atoms with van der Waals surface area (Å²) in [5, 5.41) is 30.4. The first-order valence-electron chi connectivity index (χ1n) is 15.3. The number of benzene rings is 2. The Balaban J connectivity index is 1.46. The van der Waals surface area contributed by atoms with Gasteiger partial charge < -0.3 is 36.6 Å². The second kappa shape index (κ2) is 12.5. The highest BCUT2D eigenvalue weighted by Crippen LogP contribution is 2.45. The maximum atomic E-state index is 13.7. The summed E-state index contributed by atoms with van der Waals surface area (Å²) < 4.78 is 19.6. The number of anilines is 1. The Morgan fingerprint density at radius 1 is 1.00 bits per heavy atom. The van der Waals surface area contributed by atoms with Gasteiger partial charge in [0.05, 0.1) is 29.0 Å². The molecule has 7 N–H and O–H groups in total. The van der Waals surface area contributed by atoms with Crippen LogP contribution in [0.4, 0.5) is 14.9 Å². The van der Waals surface area contributed by atoms with Crippen LogP contribution in [-0.2, 0) is 15.8 Å². The fourth-order valence-electron chi connectivity index (χ4n) is 5.29. The number of carbonyl (C=O) groups is 3. The summed E-state index contributed by atoms with van der Waals surface area (Å²) in [5.74, 6) is -1.34. The molecule has 1 aliphatic rings. The number of urea groups is 1. The molecule has 0 saturated heterocycles. The highest BCUT2D eigenvalue weighted by molar-refractivity contribution is 6.06. The van der Waals surface area contributed by atoms with Gasteiger partial charge in [-0.05, 0) is 95.6 Å². The lowest BCUT2D eigenvalue weighted by Crippen LogP contribution is -2.41. The minimum atomic E-state index is -1.76. The number of primary amides is 1. The van der Waals surface area contributed by atoms with Crippen LogP contribution in [0, 0.1) is 19.7 Å². The van der Waals surface area contributed by atoms with Gasteiger partial charge in [0.1, 0.15) is 34.9 Å². The van der Waals surface area contributed by atoms with Gasteiger partial charge in [-0.2, -0.15) is 0 Å². The van der Waals surface area contributed by atoms with Crippen molar-refractivity contribution in [2.75, 3.05) is 25.0 Å². The van der Waals surface area contributed by atoms with Crippen molar-refractivity contribution in [3.63, 3.8) is 0 Å². The largest absolute Gasteiger partial charge is 0.489 e. The molecule has 12 nitrogen and oxygen atoms in total. The SMILES string of the molecule is Cc1cc2cc(C(=O)NC[C@](C)(O)c3cc4c(c(-c5ccc(F)cc5)n3)OC[C@]4(C)C(N)=O)cc(NC(=O)NCC(C)(C)O)c2nc1C. The van der Waals surface area contributed by atoms with Gasteiger partial charge in [0.25, 0.3) is 5.91 Å². The first-order chi connectivity index (χ1) is 22.4. The molecular formula is C35H39FN6O6. The zero-order valence-corrected chi connectivity index (χ0v) is 27.6. The molecule has 0 spiro atoms. The Morgan fingerprint density at radius 3 is 2.33 bits per heavy atom. The molecular weight excluding hydrogens is 619 g/mol. The third-order valence-corrected chi connectivity index (χ3v) is 8.43. The second-order valence-electron chi connectivity index (χ2n) is 13.3. The topological polar surface area (TPSA) is 189 Å². The number of fused-ring (bicyclic) bond motifs is 2. The number of aliphatic hydroxyl groups is 2. The minimum absolute atomic E-state index is 0.0120. The fourth-order valence-corrected chi connectivity index (χ4v) is 5.29. The average molecular weight is 659 g/mol. The summed E-state index contributed by atoms with van der Waals surface area (Å²) in [4.78, 5) is 48.1. The zero-order chi connectivity index (χ0) is 35.2. The normalized spacial score (nSPS) is 16.9. The van der Waals surface area contributed by atoms with Crippen molar-refractivity contribution in [2.24, 2.45) is 5.73 Å². The molecule has 48 heavy (non-hydrogen) atoms. The van der Waals surface area contributed by atoms with Crippen LogP contribution >= 0.6 is 0 Å². The van der Waals surface area contributed by atoms with E-state index >= 15 is 0 Å². The molecule has 1 aliphatic heterocycles. The molecule has 4 amide bonds. The van der Waals surface area contributed by atoms with E-state index in [9.17, 15) is 29.0 Å². The van der Waals surface area contributed by atoms with Gasteiger partial charge in [-0.15, -0.1) is 0 Å². The summed E-state index contributed by atoms with van der Waals surface area (Å²) >= 11 is 0. The molecule has 2 atom stereocenters. The van der Waals surface area contributed by atoms with Crippen LogP contribution in [0.5, 0.6) is 5.75 Å². The standard InChI is InChI=1S/C35H39FN6O6/c1-18-11-21-12-22(13-25(27(21)40-19(18)2)41-32(45)39-15-33(3,4)46)30(43)38-16-35(6,47)26-14-24-29(48-17-34(24,5)31(37)44)28(42-26)20-7-9-23(36)10-8-20/h7-14,46-47H,15-17H2,1-6H3,(H2,37,44)(H,38,43)(H2,39,41,45)/t34-,35-/m0/s1. The third kappa shape index (κ3) is 6.92. The summed E-state index contributed by atoms with van der Waals surface area (Å²) in [7, 11) is 0. The van der Waals surface area contributed by atoms with Gasteiger partial charge in [0.15, 0.2) is 0 Å². The number of nitrogens with zero attached hydrogens (tertiary/aromatic N) is 2. The van der Waals surface area contributed by atoms with Crippen molar-refractivity contribution < 1.29 is 33.7 Å². The maximum Gasteiger partial charge on any atom is 0.319 e. The van der Waals surface area contributed by atoms with Crippen LogP contribution < -0.4 is 26.4 Å². The van der Waals surface area contributed by atoms with Crippen LogP contribution in [0.1, 0.15) is 60.6 Å². The summed E-state index contributed by atoms with van der Waals surface area (Å²) in [6, 6.07) is 11.5. The first-order valence-corrected chi connectivity index (χ1v) is 15.3. The molecule has 3 heterocycles. The van der Waals surface area contributed by atoms with E-state index in [1.165, 1.54) is 43.3 Å². The molecule has 252 valence electrons. The highest BCUT2D eigenvalue weighted by Gasteiger charge is 2.45. The van der Waals surface area contributed by atoms with Crippen molar-refractivity contribution in [1.29, 1.82) is 0 Å². The lowest BCUT2D eigenvalue weighted by molar-refractivity contribution is -0.123. The Hall–Kier alpha value is -5.14. The van der Waals surface area contributed by atoms with E-state index in [4.69, 9.17) is 10.5 Å². The number of amides is 4. The summed E-state index contributed by atoms with van der Waals surface area (Å²) in [5.41, 5.74) is 5.51. The Labute approximate surface area is 276 Å². The number of hydrogen-bond donors (Lipinski definition) is 6. The minimum Gasteiger partial charge on any atom is -0.489 e. The quantitative estimate of drug-likeness (QED) is 0.157. The summed E-state index contributed by atoms with van der Waals surface area (Å²) in [6.07, 6.45) is 0. The fraction of sp³-hybridized carbons (Fsp3) is 0.343. The van der Waals surface area contributed by atoms with Gasteiger partial charge >= 0.3 is 6.03 Å². The molecule has 2 aromatic carbocycles. The predicted molar refractivity (Wildman–Crippen MR) is 178 cm³/mol. The number of aromatic nitrogens is 2. The molecule has 0 aliphatic carbocycles. The zero-order valence-electron chi connectivity index (χ0n) is 27.6. The number of ether oxygens (including phenoxy) is 1. The number of nitrogens with two attached hydrogens (primary N) is 1. The van der Waals surface area contributed by atoms with Crippen molar-refractivity contribution in [1.82, 2.24) is 20.6 Å². The molecule has 5 rings (SSSR count). The predicted octanol–water partition coefficient (Wildman–Crippen LogP) is 3.72. The number of aryl methyl sites for hydroxylation is 2. The third-order valence-electron chi connectivity index (χ3n) is 8.43. The van der Waals surface area contributed by atoms with Crippen LogP contribution in [0.2, 0.25) is 0 Å². The first kappa shape index (κ1) is 34.2. The number of halogens is 1. The van der Waals surface area contributed by atoms with Crippen LogP contribution in [0.3, 0.4) is 0 Å². The van der Waals surface area contributed by atoms with Gasteiger partial charge in [-0.3, -0.25) is 14.6 Å². The highest BCUT2D eigenvalue weighted by atomic mass is 19.1. The van der Waals surface area contributed by atoms with E-state index in [0.717, 1.165) is 11.3 Å². The summed E-state index contributed by atoms with van der Waals surface area (Å²) in [6.45, 7) is 9.57. The van der Waals surface area contributed by atoms with Gasteiger partial charge in [0, 0.05) is 34.3 Å². The molecule has 0 unspecified atom stereocenters. The van der Waals surface area contributed by atoms with E-state index < -0.39 is 40.3 Å². The van der Waals surface area contributed by atoms with Gasteiger partial charge in [-0.25, -0.2) is 14.2 Å². The average Bonchev–Trinajstić information content (AvgIpc) is 3.37. The Morgan fingerprint density at radius 2 is 1.69 bits per heavy atom. The lowest BCUT2D eigenvalue weighted by atomic mass is 9.82. The van der Waals surface area contributed by atoms with E-state index in [-0.39, 0.29) is 42.3 Å². The van der Waals surface area contributed by atoms with Crippen molar-refractivity contribution >= 4 is 34.4 Å². The number of pyridine rings is 2. The smallest absolute Gasteiger partial charge is 0.319 e. The molecule has 0 fully saturated rings. The van der Waals surface area contributed by atoms with E-state index in [0.29, 0.717) is 27.8 Å². The van der Waals surface area contributed by atoms with E-state index in [2.05, 4.69) is 25.9 Å². The van der Waals surface area contributed by atoms with Crippen molar-refractivity contribution in [2.45, 2.75) is 58.2 Å². The Bertz CT molecular complexity index is 1940. The number of carbonyl (C=O) groups excluding carboxylic acids is 3. The van der Waals surface area contributed by atoms with Crippen LogP contribution in [-0.4, -0.2) is 63.3 Å². The second-order valence-corrected chi connectivity index (χ2v) is 13.3. The lowest BCUT2D eigenvalue weighted by Gasteiger charge is -2.26. The number of nitrogens with one attached hydrogen (secondary N) is 3. The number of rotatable bonds is 9. The maximum absolute atomic E-state index is 13.7. The molecule has 0 saturated carbocycles. The number of hydrogen-bond acceptors (Lipinski definition) is 8. The molecule has 0 bridgehead atoms. The molecule has 13 heteroatoms.